The Morgan fingerprint density at radius 3 is 2.68 bits per heavy atom. The lowest BCUT2D eigenvalue weighted by molar-refractivity contribution is -0.0498. The van der Waals surface area contributed by atoms with Crippen molar-refractivity contribution in [3.63, 3.8) is 0 Å². The number of carbonyl (C=O) groups excluding carboxylic acids is 2. The van der Waals surface area contributed by atoms with E-state index in [0.717, 1.165) is 25.2 Å². The minimum Gasteiger partial charge on any atom is -0.435 e. The second-order valence-electron chi connectivity index (χ2n) is 7.66. The number of carbonyl (C=O) groups is 2. The number of benzene rings is 2. The fourth-order valence-corrected chi connectivity index (χ4v) is 4.13. The van der Waals surface area contributed by atoms with Gasteiger partial charge < -0.3 is 20.3 Å². The Labute approximate surface area is 179 Å². The Hall–Kier alpha value is -3.20. The minimum atomic E-state index is -2.95. The summed E-state index contributed by atoms with van der Waals surface area (Å²) in [5.74, 6) is -0.437. The van der Waals surface area contributed by atoms with E-state index in [4.69, 9.17) is 0 Å². The molecule has 3 atom stereocenters. The van der Waals surface area contributed by atoms with Crippen LogP contribution in [0.4, 0.5) is 19.3 Å². The molecule has 164 valence electrons. The van der Waals surface area contributed by atoms with Crippen LogP contribution < -0.4 is 15.4 Å². The summed E-state index contributed by atoms with van der Waals surface area (Å²) in [4.78, 5) is 29.5. The Morgan fingerprint density at radius 1 is 1.10 bits per heavy atom. The monoisotopic (exact) mass is 430 g/mol. The van der Waals surface area contributed by atoms with Crippen molar-refractivity contribution in [2.24, 2.45) is 0 Å². The van der Waals surface area contributed by atoms with E-state index in [2.05, 4.69) is 20.3 Å². The lowest BCUT2D eigenvalue weighted by atomic mass is 10.1. The summed E-state index contributed by atoms with van der Waals surface area (Å²) in [7, 11) is 0. The van der Waals surface area contributed by atoms with Crippen molar-refractivity contribution in [2.75, 3.05) is 31.5 Å². The van der Waals surface area contributed by atoms with Crippen LogP contribution in [0.3, 0.4) is 0 Å². The molecule has 0 aliphatic carbocycles. The molecule has 2 heterocycles. The molecule has 2 aromatic rings. The highest BCUT2D eigenvalue weighted by molar-refractivity contribution is 5.94. The molecule has 0 radical (unpaired) electrons. The number of urea groups is 1. The molecule has 0 saturated carbocycles. The van der Waals surface area contributed by atoms with Crippen molar-refractivity contribution in [3.05, 3.63) is 60.2 Å². The second-order valence-corrected chi connectivity index (χ2v) is 7.66. The molecule has 2 N–H and O–H groups in total. The van der Waals surface area contributed by atoms with Gasteiger partial charge in [0.15, 0.2) is 0 Å². The molecule has 3 amide bonds. The first kappa shape index (κ1) is 21.0. The Balaban J connectivity index is 1.36. The van der Waals surface area contributed by atoms with Crippen molar-refractivity contribution in [2.45, 2.75) is 25.1 Å². The van der Waals surface area contributed by atoms with Crippen molar-refractivity contribution in [3.8, 4) is 5.75 Å². The number of amides is 3. The number of nitrogens with one attached hydrogen (secondary N) is 2. The van der Waals surface area contributed by atoms with Gasteiger partial charge in [-0.15, -0.1) is 0 Å². The van der Waals surface area contributed by atoms with Crippen molar-refractivity contribution < 1.29 is 23.1 Å². The van der Waals surface area contributed by atoms with Gasteiger partial charge in [-0.2, -0.15) is 8.78 Å². The standard InChI is InChI=1S/C22H24F2N4O3/c23-21(24)31-19-8-4-5-15(11-19)20(29)25-12-18-14-28(17-9-10-27(18)13-17)22(30)26-16-6-2-1-3-7-16/h1-8,11,17-18,21H,9-10,12-14H2,(H,25,29)(H,26,30). The molecule has 0 aromatic heterocycles. The number of piperazine rings is 1. The molecule has 2 saturated heterocycles. The maximum Gasteiger partial charge on any atom is 0.387 e. The molecule has 0 spiro atoms. The van der Waals surface area contributed by atoms with Crippen molar-refractivity contribution in [1.82, 2.24) is 15.1 Å². The first-order valence-electron chi connectivity index (χ1n) is 10.2. The molecule has 2 bridgehead atoms. The summed E-state index contributed by atoms with van der Waals surface area (Å²) in [6, 6.07) is 15.0. The summed E-state index contributed by atoms with van der Waals surface area (Å²) in [6.45, 7) is -0.478. The predicted octanol–water partition coefficient (Wildman–Crippen LogP) is 3.01. The molecule has 3 unspecified atom stereocenters. The third-order valence-electron chi connectivity index (χ3n) is 5.66. The first-order chi connectivity index (χ1) is 15.0. The van der Waals surface area contributed by atoms with E-state index in [1.54, 1.807) is 6.07 Å². The lowest BCUT2D eigenvalue weighted by Crippen LogP contribution is -2.58. The highest BCUT2D eigenvalue weighted by atomic mass is 19.3. The average molecular weight is 430 g/mol. The van der Waals surface area contributed by atoms with Crippen LogP contribution in [0.25, 0.3) is 0 Å². The average Bonchev–Trinajstić information content (AvgIpc) is 3.17. The third-order valence-corrected chi connectivity index (χ3v) is 5.66. The van der Waals surface area contributed by atoms with Gasteiger partial charge in [0.25, 0.3) is 5.91 Å². The van der Waals surface area contributed by atoms with E-state index in [1.807, 2.05) is 35.2 Å². The molecular weight excluding hydrogens is 406 g/mol. The molecule has 2 fully saturated rings. The molecule has 4 rings (SSSR count). The van der Waals surface area contributed by atoms with Gasteiger partial charge in [0.2, 0.25) is 0 Å². The van der Waals surface area contributed by atoms with E-state index in [-0.39, 0.29) is 35.3 Å². The third kappa shape index (κ3) is 5.11. The van der Waals surface area contributed by atoms with Crippen LogP contribution >= 0.6 is 0 Å². The van der Waals surface area contributed by atoms with Crippen LogP contribution in [-0.2, 0) is 0 Å². The van der Waals surface area contributed by atoms with Crippen LogP contribution in [0, 0.1) is 0 Å². The molecule has 2 aliphatic heterocycles. The van der Waals surface area contributed by atoms with E-state index in [1.165, 1.54) is 18.2 Å². The molecule has 2 aromatic carbocycles. The Bertz CT molecular complexity index is 928. The Morgan fingerprint density at radius 2 is 1.90 bits per heavy atom. The van der Waals surface area contributed by atoms with Crippen LogP contribution in [0.2, 0.25) is 0 Å². The lowest BCUT2D eigenvalue weighted by Gasteiger charge is -2.40. The molecule has 31 heavy (non-hydrogen) atoms. The summed E-state index contributed by atoms with van der Waals surface area (Å²) in [6.07, 6.45) is 0.889. The second kappa shape index (κ2) is 9.30. The zero-order valence-corrected chi connectivity index (χ0v) is 16.8. The zero-order chi connectivity index (χ0) is 21.8. The number of hydrogen-bond donors (Lipinski definition) is 2. The van der Waals surface area contributed by atoms with Gasteiger partial charge in [0.1, 0.15) is 5.75 Å². The van der Waals surface area contributed by atoms with Gasteiger partial charge in [0, 0.05) is 49.5 Å². The smallest absolute Gasteiger partial charge is 0.387 e. The number of rotatable bonds is 6. The van der Waals surface area contributed by atoms with Gasteiger partial charge in [-0.25, -0.2) is 4.79 Å². The van der Waals surface area contributed by atoms with Crippen LogP contribution in [-0.4, -0.2) is 66.6 Å². The number of para-hydroxylation sites is 1. The van der Waals surface area contributed by atoms with Gasteiger partial charge >= 0.3 is 12.6 Å². The first-order valence-corrected chi connectivity index (χ1v) is 10.2. The number of anilines is 1. The number of hydrogen-bond acceptors (Lipinski definition) is 4. The fourth-order valence-electron chi connectivity index (χ4n) is 4.13. The van der Waals surface area contributed by atoms with Crippen LogP contribution in [0.1, 0.15) is 16.8 Å². The topological polar surface area (TPSA) is 73.9 Å². The van der Waals surface area contributed by atoms with Gasteiger partial charge in [-0.1, -0.05) is 24.3 Å². The highest BCUT2D eigenvalue weighted by Gasteiger charge is 2.40. The summed E-state index contributed by atoms with van der Waals surface area (Å²) in [5.41, 5.74) is 0.982. The van der Waals surface area contributed by atoms with Gasteiger partial charge in [-0.3, -0.25) is 9.69 Å². The number of fused-ring (bicyclic) bond motifs is 2. The van der Waals surface area contributed by atoms with E-state index in [9.17, 15) is 18.4 Å². The summed E-state index contributed by atoms with van der Waals surface area (Å²) < 4.78 is 29.2. The summed E-state index contributed by atoms with van der Waals surface area (Å²) >= 11 is 0. The predicted molar refractivity (Wildman–Crippen MR) is 111 cm³/mol. The number of nitrogens with zero attached hydrogens (tertiary/aromatic N) is 2. The van der Waals surface area contributed by atoms with Gasteiger partial charge in [-0.05, 0) is 36.8 Å². The molecular formula is C22H24F2N4O3. The number of halogens is 2. The Kier molecular flexibility index (Phi) is 6.31. The SMILES string of the molecule is O=C(NCC1CN(C(=O)Nc2ccccc2)C2CCN1C2)c1cccc(OC(F)F)c1. The molecule has 7 nitrogen and oxygen atoms in total. The van der Waals surface area contributed by atoms with Crippen LogP contribution in [0.15, 0.2) is 54.6 Å². The van der Waals surface area contributed by atoms with E-state index in [0.29, 0.717) is 13.1 Å². The van der Waals surface area contributed by atoms with Crippen molar-refractivity contribution >= 4 is 17.6 Å². The van der Waals surface area contributed by atoms with Crippen LogP contribution in [0.5, 0.6) is 5.75 Å². The number of alkyl halides is 2. The van der Waals surface area contributed by atoms with E-state index < -0.39 is 6.61 Å². The molecule has 2 aliphatic rings. The zero-order valence-electron chi connectivity index (χ0n) is 16.8. The molecule has 9 heteroatoms. The van der Waals surface area contributed by atoms with E-state index >= 15 is 0 Å². The summed E-state index contributed by atoms with van der Waals surface area (Å²) in [5, 5.41) is 5.79. The number of ether oxygens (including phenoxy) is 1. The maximum absolute atomic E-state index is 12.8. The minimum absolute atomic E-state index is 0.0234. The normalized spacial score (nSPS) is 22.3. The quantitative estimate of drug-likeness (QED) is 0.739. The highest BCUT2D eigenvalue weighted by Crippen LogP contribution is 2.25. The van der Waals surface area contributed by atoms with Crippen molar-refractivity contribution in [1.29, 1.82) is 0 Å². The maximum atomic E-state index is 12.8. The van der Waals surface area contributed by atoms with Gasteiger partial charge in [0.05, 0.1) is 0 Å². The fraction of sp³-hybridized carbons (Fsp3) is 0.364. The largest absolute Gasteiger partial charge is 0.435 e.